The van der Waals surface area contributed by atoms with Gasteiger partial charge in [-0.3, -0.25) is 14.2 Å². The van der Waals surface area contributed by atoms with Gasteiger partial charge in [0.05, 0.1) is 16.6 Å². The number of rotatable bonds is 4. The van der Waals surface area contributed by atoms with Gasteiger partial charge in [-0.05, 0) is 73.9 Å². The lowest BCUT2D eigenvalue weighted by Crippen LogP contribution is -2.40. The van der Waals surface area contributed by atoms with Crippen LogP contribution in [-0.4, -0.2) is 15.0 Å². The van der Waals surface area contributed by atoms with Gasteiger partial charge in [0.25, 0.3) is 5.56 Å². The molecule has 0 aliphatic carbocycles. The van der Waals surface area contributed by atoms with E-state index in [-0.39, 0.29) is 12.5 Å². The van der Waals surface area contributed by atoms with Crippen LogP contribution in [0.4, 0.5) is 5.69 Å². The van der Waals surface area contributed by atoms with Gasteiger partial charge in [-0.15, -0.1) is 0 Å². The van der Waals surface area contributed by atoms with Crippen LogP contribution in [0.25, 0.3) is 16.6 Å². The van der Waals surface area contributed by atoms with Crippen molar-refractivity contribution in [3.63, 3.8) is 0 Å². The smallest absolute Gasteiger partial charge is 0.325 e. The van der Waals surface area contributed by atoms with Crippen LogP contribution in [0, 0.1) is 20.8 Å². The molecule has 1 amide bonds. The van der Waals surface area contributed by atoms with E-state index in [1.807, 2.05) is 51.1 Å². The van der Waals surface area contributed by atoms with Crippen molar-refractivity contribution in [3.8, 4) is 5.69 Å². The van der Waals surface area contributed by atoms with E-state index in [2.05, 4.69) is 5.32 Å². The zero-order valence-corrected chi connectivity index (χ0v) is 17.7. The minimum atomic E-state index is -0.550. The number of hydrogen-bond donors (Lipinski definition) is 1. The van der Waals surface area contributed by atoms with Gasteiger partial charge in [-0.2, -0.15) is 0 Å². The number of para-hydroxylation sites is 1. The fraction of sp³-hybridized carbons (Fsp3) is 0.160. The van der Waals surface area contributed by atoms with E-state index in [0.717, 1.165) is 21.3 Å². The second-order valence-electron chi connectivity index (χ2n) is 7.71. The molecule has 0 radical (unpaired) electrons. The van der Waals surface area contributed by atoms with E-state index >= 15 is 0 Å². The van der Waals surface area contributed by atoms with E-state index in [9.17, 15) is 14.4 Å². The van der Waals surface area contributed by atoms with Gasteiger partial charge < -0.3 is 5.32 Å². The number of hydrogen-bond acceptors (Lipinski definition) is 3. The second kappa shape index (κ2) is 8.07. The predicted octanol–water partition coefficient (Wildman–Crippen LogP) is 3.72. The normalized spacial score (nSPS) is 10.9. The fourth-order valence-corrected chi connectivity index (χ4v) is 3.63. The Bertz CT molecular complexity index is 1430. The lowest BCUT2D eigenvalue weighted by atomic mass is 10.1. The van der Waals surface area contributed by atoms with Crippen molar-refractivity contribution < 1.29 is 4.79 Å². The first-order valence-electron chi connectivity index (χ1n) is 10.0. The zero-order chi connectivity index (χ0) is 22.1. The highest BCUT2D eigenvalue weighted by Crippen LogP contribution is 2.14. The van der Waals surface area contributed by atoms with Crippen LogP contribution in [0.3, 0.4) is 0 Å². The Morgan fingerprint density at radius 1 is 0.871 bits per heavy atom. The molecule has 0 atom stereocenters. The summed E-state index contributed by atoms with van der Waals surface area (Å²) in [7, 11) is 0. The molecular formula is C25H23N3O3. The quantitative estimate of drug-likeness (QED) is 0.554. The van der Waals surface area contributed by atoms with Gasteiger partial charge in [0.1, 0.15) is 6.54 Å². The monoisotopic (exact) mass is 413 g/mol. The largest absolute Gasteiger partial charge is 0.336 e. The maximum atomic E-state index is 13.4. The third-order valence-electron chi connectivity index (χ3n) is 5.40. The Labute approximate surface area is 179 Å². The molecule has 1 aromatic heterocycles. The molecule has 6 nitrogen and oxygen atoms in total. The highest BCUT2D eigenvalue weighted by molar-refractivity contribution is 5.91. The Hall–Kier alpha value is -3.93. The molecule has 6 heteroatoms. The summed E-state index contributed by atoms with van der Waals surface area (Å²) >= 11 is 0. The topological polar surface area (TPSA) is 73.1 Å². The van der Waals surface area contributed by atoms with Crippen molar-refractivity contribution >= 4 is 22.5 Å². The third-order valence-corrected chi connectivity index (χ3v) is 5.40. The number of carbonyl (C=O) groups excluding carboxylic acids is 1. The lowest BCUT2D eigenvalue weighted by molar-refractivity contribution is -0.116. The number of carbonyl (C=O) groups is 1. The number of anilines is 1. The van der Waals surface area contributed by atoms with E-state index < -0.39 is 11.2 Å². The van der Waals surface area contributed by atoms with E-state index in [4.69, 9.17) is 0 Å². The number of nitrogens with one attached hydrogen (secondary N) is 1. The summed E-state index contributed by atoms with van der Waals surface area (Å²) in [5.41, 5.74) is 3.67. The molecule has 0 fully saturated rings. The van der Waals surface area contributed by atoms with Gasteiger partial charge in [0, 0.05) is 5.69 Å². The van der Waals surface area contributed by atoms with Crippen LogP contribution in [0.2, 0.25) is 0 Å². The van der Waals surface area contributed by atoms with Crippen molar-refractivity contribution in [1.82, 2.24) is 9.13 Å². The van der Waals surface area contributed by atoms with Crippen molar-refractivity contribution in [2.75, 3.05) is 5.32 Å². The molecule has 0 unspecified atom stereocenters. The van der Waals surface area contributed by atoms with Crippen LogP contribution in [0.1, 0.15) is 16.7 Å². The van der Waals surface area contributed by atoms with Crippen molar-refractivity contribution in [1.29, 1.82) is 0 Å². The summed E-state index contributed by atoms with van der Waals surface area (Å²) in [6, 6.07) is 19.7. The molecule has 1 heterocycles. The summed E-state index contributed by atoms with van der Waals surface area (Å²) in [5.74, 6) is -0.344. The molecule has 156 valence electrons. The van der Waals surface area contributed by atoms with Crippen LogP contribution in [-0.2, 0) is 11.3 Å². The molecule has 31 heavy (non-hydrogen) atoms. The minimum Gasteiger partial charge on any atom is -0.325 e. The van der Waals surface area contributed by atoms with Crippen LogP contribution in [0.5, 0.6) is 0 Å². The van der Waals surface area contributed by atoms with Gasteiger partial charge in [0.15, 0.2) is 0 Å². The summed E-state index contributed by atoms with van der Waals surface area (Å²) in [6.07, 6.45) is 0. The first-order valence-corrected chi connectivity index (χ1v) is 10.0. The highest BCUT2D eigenvalue weighted by atomic mass is 16.2. The summed E-state index contributed by atoms with van der Waals surface area (Å²) in [6.45, 7) is 5.63. The fourth-order valence-electron chi connectivity index (χ4n) is 3.63. The van der Waals surface area contributed by atoms with E-state index in [1.165, 1.54) is 4.57 Å². The summed E-state index contributed by atoms with van der Waals surface area (Å²) in [5, 5.41) is 3.21. The molecule has 3 aromatic carbocycles. The Balaban J connectivity index is 1.84. The van der Waals surface area contributed by atoms with Crippen LogP contribution < -0.4 is 16.6 Å². The van der Waals surface area contributed by atoms with Gasteiger partial charge in [-0.1, -0.05) is 30.3 Å². The zero-order valence-electron chi connectivity index (χ0n) is 17.7. The number of aryl methyl sites for hydroxylation is 3. The number of fused-ring (bicyclic) bond motifs is 1. The molecule has 0 saturated carbocycles. The van der Waals surface area contributed by atoms with E-state index in [0.29, 0.717) is 22.3 Å². The second-order valence-corrected chi connectivity index (χ2v) is 7.71. The predicted molar refractivity (Wildman–Crippen MR) is 123 cm³/mol. The average molecular weight is 413 g/mol. The standard InChI is InChI=1S/C25H23N3O3/c1-16-7-6-8-19(13-16)26-23(29)15-27-22-10-5-4-9-21(22)24(30)28(25(27)31)20-12-11-17(2)18(3)14-20/h4-14H,15H2,1-3H3,(H,26,29). The Morgan fingerprint density at radius 2 is 1.65 bits per heavy atom. The average Bonchev–Trinajstić information content (AvgIpc) is 2.74. The molecule has 0 bridgehead atoms. The first-order chi connectivity index (χ1) is 14.8. The SMILES string of the molecule is Cc1cccc(NC(=O)Cn2c(=O)n(-c3ccc(C)c(C)c3)c(=O)c3ccccc32)c1. The minimum absolute atomic E-state index is 0.210. The maximum absolute atomic E-state index is 13.4. The summed E-state index contributed by atoms with van der Waals surface area (Å²) in [4.78, 5) is 39.3. The molecule has 4 rings (SSSR count). The number of amides is 1. The molecule has 0 aliphatic rings. The van der Waals surface area contributed by atoms with Crippen molar-refractivity contribution in [2.24, 2.45) is 0 Å². The summed E-state index contributed by atoms with van der Waals surface area (Å²) < 4.78 is 2.48. The first kappa shape index (κ1) is 20.3. The van der Waals surface area contributed by atoms with E-state index in [1.54, 1.807) is 36.4 Å². The number of aromatic nitrogens is 2. The van der Waals surface area contributed by atoms with Crippen LogP contribution >= 0.6 is 0 Å². The van der Waals surface area contributed by atoms with Crippen molar-refractivity contribution in [3.05, 3.63) is 104 Å². The molecule has 0 aliphatic heterocycles. The van der Waals surface area contributed by atoms with Crippen LogP contribution in [0.15, 0.2) is 76.3 Å². The molecule has 1 N–H and O–H groups in total. The van der Waals surface area contributed by atoms with Crippen molar-refractivity contribution in [2.45, 2.75) is 27.3 Å². The number of benzene rings is 3. The third kappa shape index (κ3) is 3.92. The number of nitrogens with zero attached hydrogens (tertiary/aromatic N) is 2. The van der Waals surface area contributed by atoms with Gasteiger partial charge in [0.2, 0.25) is 5.91 Å². The molecule has 0 saturated heterocycles. The molecule has 4 aromatic rings. The van der Waals surface area contributed by atoms with Gasteiger partial charge >= 0.3 is 5.69 Å². The molecule has 0 spiro atoms. The highest BCUT2D eigenvalue weighted by Gasteiger charge is 2.17. The molecular weight excluding hydrogens is 390 g/mol. The van der Waals surface area contributed by atoms with Gasteiger partial charge in [-0.25, -0.2) is 9.36 Å². The lowest BCUT2D eigenvalue weighted by Gasteiger charge is -2.15. The Morgan fingerprint density at radius 3 is 2.39 bits per heavy atom. The maximum Gasteiger partial charge on any atom is 0.336 e. The Kier molecular flexibility index (Phi) is 5.29.